The van der Waals surface area contributed by atoms with Gasteiger partial charge in [0.1, 0.15) is 28.6 Å². The molecule has 0 amide bonds. The largest absolute Gasteiger partial charge is 0.432 e. The van der Waals surface area contributed by atoms with Crippen LogP contribution < -0.4 is 4.74 Å². The minimum atomic E-state index is -4.17. The summed E-state index contributed by atoms with van der Waals surface area (Å²) in [5.74, 6) is -10.4. The van der Waals surface area contributed by atoms with Crippen LogP contribution in [0, 0.1) is 34.6 Å². The second kappa shape index (κ2) is 9.66. The standard InChI is InChI=1S/C25H22F8O3/c1-12-5-6-24(2,22(31)20(12)29)25(32,33)36-15-3-4-16(17(26)9-15)14-10-34-23(35-11-14)13-7-18(27)21(30)19(28)8-13/h3-4,7-9,12,14,23H,5-6,10-11H2,1-2H3/t12?,14?,23?,24-/m0/s1. The van der Waals surface area contributed by atoms with Gasteiger partial charge >= 0.3 is 6.11 Å². The molecule has 4 rings (SSSR count). The van der Waals surface area contributed by atoms with E-state index < -0.39 is 70.3 Å². The maximum atomic E-state index is 14.9. The van der Waals surface area contributed by atoms with Gasteiger partial charge in [-0.05, 0) is 43.5 Å². The summed E-state index contributed by atoms with van der Waals surface area (Å²) < 4.78 is 129. The summed E-state index contributed by atoms with van der Waals surface area (Å²) in [5, 5.41) is 0. The Bertz CT molecular complexity index is 1150. The van der Waals surface area contributed by atoms with E-state index in [9.17, 15) is 35.1 Å². The van der Waals surface area contributed by atoms with Crippen LogP contribution in [0.2, 0.25) is 0 Å². The molecule has 11 heteroatoms. The summed E-state index contributed by atoms with van der Waals surface area (Å²) >= 11 is 0. The van der Waals surface area contributed by atoms with Crippen LogP contribution in [-0.2, 0) is 9.47 Å². The van der Waals surface area contributed by atoms with Crippen molar-refractivity contribution in [3.8, 4) is 5.75 Å². The summed E-state index contributed by atoms with van der Waals surface area (Å²) in [6, 6.07) is 4.33. The van der Waals surface area contributed by atoms with Crippen molar-refractivity contribution in [3.05, 3.63) is 76.4 Å². The van der Waals surface area contributed by atoms with E-state index >= 15 is 0 Å². The Labute approximate surface area is 201 Å². The van der Waals surface area contributed by atoms with Crippen molar-refractivity contribution in [2.45, 2.75) is 45.0 Å². The fraction of sp³-hybridized carbons (Fsp3) is 0.440. The zero-order valence-corrected chi connectivity index (χ0v) is 19.2. The van der Waals surface area contributed by atoms with Crippen LogP contribution in [0.1, 0.15) is 50.0 Å². The van der Waals surface area contributed by atoms with Crippen LogP contribution in [0.3, 0.4) is 0 Å². The van der Waals surface area contributed by atoms with Crippen LogP contribution >= 0.6 is 0 Å². The average molecular weight is 522 g/mol. The van der Waals surface area contributed by atoms with Crippen molar-refractivity contribution >= 4 is 0 Å². The van der Waals surface area contributed by atoms with Crippen molar-refractivity contribution < 1.29 is 49.3 Å². The van der Waals surface area contributed by atoms with Gasteiger partial charge in [-0.15, -0.1) is 0 Å². The smallest absolute Gasteiger partial charge is 0.409 e. The normalized spacial score (nSPS) is 27.3. The number of allylic oxidation sites excluding steroid dienone is 1. The summed E-state index contributed by atoms with van der Waals surface area (Å²) in [6.07, 6.45) is -5.78. The lowest BCUT2D eigenvalue weighted by atomic mass is 9.75. The topological polar surface area (TPSA) is 27.7 Å². The molecule has 1 fully saturated rings. The molecule has 3 nitrogen and oxygen atoms in total. The summed E-state index contributed by atoms with van der Waals surface area (Å²) in [5.41, 5.74) is -2.65. The van der Waals surface area contributed by atoms with E-state index in [4.69, 9.17) is 9.47 Å². The predicted octanol–water partition coefficient (Wildman–Crippen LogP) is 7.63. The van der Waals surface area contributed by atoms with Gasteiger partial charge in [0.15, 0.2) is 23.7 Å². The second-order valence-corrected chi connectivity index (χ2v) is 9.23. The minimum absolute atomic E-state index is 0.0120. The Morgan fingerprint density at radius 2 is 1.53 bits per heavy atom. The lowest BCUT2D eigenvalue weighted by Gasteiger charge is -2.39. The third-order valence-corrected chi connectivity index (χ3v) is 6.68. The molecule has 1 heterocycles. The van der Waals surface area contributed by atoms with Crippen LogP contribution in [0.4, 0.5) is 35.1 Å². The highest BCUT2D eigenvalue weighted by molar-refractivity contribution is 5.33. The van der Waals surface area contributed by atoms with Gasteiger partial charge < -0.3 is 14.2 Å². The van der Waals surface area contributed by atoms with Gasteiger partial charge in [0.2, 0.25) is 0 Å². The predicted molar refractivity (Wildman–Crippen MR) is 111 cm³/mol. The van der Waals surface area contributed by atoms with E-state index in [0.29, 0.717) is 18.2 Å². The molecule has 196 valence electrons. The van der Waals surface area contributed by atoms with Gasteiger partial charge in [-0.25, -0.2) is 26.3 Å². The number of rotatable bonds is 5. The van der Waals surface area contributed by atoms with Crippen molar-refractivity contribution in [3.63, 3.8) is 0 Å². The Balaban J connectivity index is 1.46. The number of alkyl halides is 2. The van der Waals surface area contributed by atoms with E-state index in [1.54, 1.807) is 0 Å². The number of benzene rings is 2. The van der Waals surface area contributed by atoms with Gasteiger partial charge in [0, 0.05) is 23.5 Å². The lowest BCUT2D eigenvalue weighted by molar-refractivity contribution is -0.252. The van der Waals surface area contributed by atoms with Crippen molar-refractivity contribution in [1.82, 2.24) is 0 Å². The molecule has 2 aromatic rings. The highest BCUT2D eigenvalue weighted by Gasteiger charge is 2.59. The van der Waals surface area contributed by atoms with E-state index in [1.807, 2.05) is 0 Å². The number of hydrogen-bond donors (Lipinski definition) is 0. The monoisotopic (exact) mass is 522 g/mol. The highest BCUT2D eigenvalue weighted by Crippen LogP contribution is 2.53. The van der Waals surface area contributed by atoms with Gasteiger partial charge in [0.25, 0.3) is 0 Å². The zero-order valence-electron chi connectivity index (χ0n) is 19.2. The van der Waals surface area contributed by atoms with E-state index in [2.05, 4.69) is 4.74 Å². The quantitative estimate of drug-likeness (QED) is 0.299. The van der Waals surface area contributed by atoms with Crippen LogP contribution in [0.5, 0.6) is 5.75 Å². The summed E-state index contributed by atoms with van der Waals surface area (Å²) in [4.78, 5) is 0. The molecule has 0 saturated carbocycles. The molecule has 2 aromatic carbocycles. The minimum Gasteiger partial charge on any atom is -0.432 e. The molecular weight excluding hydrogens is 500 g/mol. The first-order chi connectivity index (χ1) is 16.8. The van der Waals surface area contributed by atoms with Crippen LogP contribution in [0.15, 0.2) is 42.0 Å². The van der Waals surface area contributed by atoms with Crippen molar-refractivity contribution in [1.29, 1.82) is 0 Å². The molecule has 1 unspecified atom stereocenters. The second-order valence-electron chi connectivity index (χ2n) is 9.23. The number of halogens is 8. The van der Waals surface area contributed by atoms with Crippen LogP contribution in [-0.4, -0.2) is 19.3 Å². The third kappa shape index (κ3) is 4.70. The number of ether oxygens (including phenoxy) is 3. The lowest BCUT2D eigenvalue weighted by Crippen LogP contribution is -2.46. The molecule has 0 radical (unpaired) electrons. The third-order valence-electron chi connectivity index (χ3n) is 6.68. The molecule has 2 aliphatic rings. The maximum absolute atomic E-state index is 14.9. The zero-order chi connectivity index (χ0) is 26.4. The molecular formula is C25H22F8O3. The van der Waals surface area contributed by atoms with E-state index in [0.717, 1.165) is 19.1 Å². The Morgan fingerprint density at radius 3 is 2.11 bits per heavy atom. The van der Waals surface area contributed by atoms with Crippen molar-refractivity contribution in [2.24, 2.45) is 11.3 Å². The Kier molecular flexibility index (Phi) is 7.09. The van der Waals surface area contributed by atoms with Gasteiger partial charge in [-0.3, -0.25) is 0 Å². The van der Waals surface area contributed by atoms with Crippen LogP contribution in [0.25, 0.3) is 0 Å². The summed E-state index contributed by atoms with van der Waals surface area (Å²) in [6.45, 7) is 1.91. The highest BCUT2D eigenvalue weighted by atomic mass is 19.3. The SMILES string of the molecule is CC1CC[C@](C)(C(F)(F)Oc2ccc(C3COC(c4cc(F)c(F)c(F)c4)OC3)c(F)c2)C(F)=C1F. The van der Waals surface area contributed by atoms with Crippen molar-refractivity contribution in [2.75, 3.05) is 13.2 Å². The molecule has 0 N–H and O–H groups in total. The summed E-state index contributed by atoms with van der Waals surface area (Å²) in [7, 11) is 0. The Hall–Kier alpha value is -2.66. The molecule has 2 atom stereocenters. The number of hydrogen-bond acceptors (Lipinski definition) is 3. The maximum Gasteiger partial charge on any atom is 0.409 e. The molecule has 0 bridgehead atoms. The molecule has 1 aliphatic carbocycles. The fourth-order valence-electron chi connectivity index (χ4n) is 4.24. The van der Waals surface area contributed by atoms with Gasteiger partial charge in [-0.1, -0.05) is 13.0 Å². The van der Waals surface area contributed by atoms with Gasteiger partial charge in [-0.2, -0.15) is 8.78 Å². The van der Waals surface area contributed by atoms with E-state index in [-0.39, 0.29) is 37.2 Å². The Morgan fingerprint density at radius 1 is 0.917 bits per heavy atom. The molecule has 0 aromatic heterocycles. The molecule has 1 aliphatic heterocycles. The molecule has 36 heavy (non-hydrogen) atoms. The molecule has 0 spiro atoms. The molecule has 1 saturated heterocycles. The van der Waals surface area contributed by atoms with E-state index in [1.165, 1.54) is 6.92 Å². The fourth-order valence-corrected chi connectivity index (χ4v) is 4.24. The first-order valence-electron chi connectivity index (χ1n) is 11.1. The van der Waals surface area contributed by atoms with Gasteiger partial charge in [0.05, 0.1) is 13.2 Å². The average Bonchev–Trinajstić information content (AvgIpc) is 2.83. The first-order valence-corrected chi connectivity index (χ1v) is 11.1. The first kappa shape index (κ1) is 26.4.